The highest BCUT2D eigenvalue weighted by molar-refractivity contribution is 7.13. The summed E-state index contributed by atoms with van der Waals surface area (Å²) in [5, 5.41) is 2.32. The van der Waals surface area contributed by atoms with Crippen LogP contribution in [0.4, 0.5) is 0 Å². The van der Waals surface area contributed by atoms with Crippen molar-refractivity contribution in [2.75, 3.05) is 0 Å². The molecule has 6 heteroatoms. The third kappa shape index (κ3) is 4.71. The van der Waals surface area contributed by atoms with Crippen molar-refractivity contribution in [3.05, 3.63) is 145 Å². The molecule has 0 amide bonds. The highest BCUT2D eigenvalue weighted by atomic mass is 32.1. The Morgan fingerprint density at radius 3 is 1.16 bits per heavy atom. The molecule has 4 aromatic heterocycles. The van der Waals surface area contributed by atoms with Gasteiger partial charge in [-0.2, -0.15) is 0 Å². The second-order valence-electron chi connectivity index (χ2n) is 10.4. The number of hydrogen-bond donors (Lipinski definition) is 0. The average molecular weight is 601 g/mol. The molecule has 0 radical (unpaired) electrons. The third-order valence-electron chi connectivity index (χ3n) is 7.83. The molecule has 4 aromatic carbocycles. The van der Waals surface area contributed by atoms with Crippen LogP contribution in [0.3, 0.4) is 0 Å². The van der Waals surface area contributed by atoms with E-state index in [1.807, 2.05) is 48.2 Å². The van der Waals surface area contributed by atoms with E-state index in [0.717, 1.165) is 76.2 Å². The summed E-state index contributed by atoms with van der Waals surface area (Å²) in [6.07, 6.45) is 11.6. The monoisotopic (exact) mass is 600 g/mol. The van der Waals surface area contributed by atoms with Crippen molar-refractivity contribution in [2.24, 2.45) is 0 Å². The van der Waals surface area contributed by atoms with Crippen molar-refractivity contribution < 1.29 is 0 Å². The molecular formula is C38H24N4S2. The Bertz CT molecular complexity index is 2050. The first-order valence-electron chi connectivity index (χ1n) is 14.2. The van der Waals surface area contributed by atoms with Gasteiger partial charge in [-0.1, -0.05) is 84.9 Å². The minimum atomic E-state index is 1.06. The molecule has 0 N–H and O–H groups in total. The summed E-state index contributed by atoms with van der Waals surface area (Å²) >= 11 is 3.24. The maximum atomic E-state index is 4.75. The molecule has 0 aliphatic heterocycles. The van der Waals surface area contributed by atoms with E-state index in [1.165, 1.54) is 0 Å². The zero-order valence-electron chi connectivity index (χ0n) is 23.5. The Morgan fingerprint density at radius 2 is 0.750 bits per heavy atom. The van der Waals surface area contributed by atoms with E-state index in [2.05, 4.69) is 107 Å². The fraction of sp³-hybridized carbons (Fsp3) is 0. The number of thiazole rings is 2. The van der Waals surface area contributed by atoms with Gasteiger partial charge in [-0.25, -0.2) is 0 Å². The first-order valence-corrected chi connectivity index (χ1v) is 16.0. The second-order valence-corrected chi connectivity index (χ2v) is 12.2. The van der Waals surface area contributed by atoms with Gasteiger partial charge in [0.1, 0.15) is 0 Å². The lowest BCUT2D eigenvalue weighted by atomic mass is 9.79. The van der Waals surface area contributed by atoms with E-state index in [1.54, 1.807) is 22.7 Å². The molecule has 44 heavy (non-hydrogen) atoms. The van der Waals surface area contributed by atoms with Crippen LogP contribution in [-0.2, 0) is 0 Å². The number of nitrogens with zero attached hydrogens (tertiary/aromatic N) is 4. The smallest absolute Gasteiger partial charge is 0.0797 e. The maximum Gasteiger partial charge on any atom is 0.0797 e. The van der Waals surface area contributed by atoms with Gasteiger partial charge in [-0.3, -0.25) is 19.9 Å². The molecule has 0 bridgehead atoms. The van der Waals surface area contributed by atoms with E-state index >= 15 is 0 Å². The molecule has 0 aliphatic rings. The van der Waals surface area contributed by atoms with Gasteiger partial charge in [-0.15, -0.1) is 22.7 Å². The number of aromatic nitrogens is 4. The zero-order chi connectivity index (χ0) is 29.3. The predicted molar refractivity (Wildman–Crippen MR) is 183 cm³/mol. The van der Waals surface area contributed by atoms with Gasteiger partial charge >= 0.3 is 0 Å². The molecule has 0 unspecified atom stereocenters. The largest absolute Gasteiger partial charge is 0.263 e. The van der Waals surface area contributed by atoms with Crippen LogP contribution in [0.2, 0.25) is 0 Å². The summed E-state index contributed by atoms with van der Waals surface area (Å²) in [6, 6.07) is 34.6. The molecule has 0 atom stereocenters. The molecule has 8 rings (SSSR count). The van der Waals surface area contributed by atoms with Crippen LogP contribution in [0.25, 0.3) is 76.2 Å². The number of rotatable bonds is 6. The quantitative estimate of drug-likeness (QED) is 0.191. The number of fused-ring (bicyclic) bond motifs is 1. The molecule has 0 aliphatic carbocycles. The summed E-state index contributed by atoms with van der Waals surface area (Å²) in [5.74, 6) is 0. The average Bonchev–Trinajstić information content (AvgIpc) is 3.84. The SMILES string of the molecule is c1ccc(-c2c(-c3ccccc3)c(-c3cncc(-c4cncs4)c3)c3ccccc3c2-c2cncc(-c3cncs3)c2)cc1. The Morgan fingerprint density at radius 1 is 0.341 bits per heavy atom. The van der Waals surface area contributed by atoms with Gasteiger partial charge in [-0.05, 0) is 56.3 Å². The van der Waals surface area contributed by atoms with E-state index in [9.17, 15) is 0 Å². The van der Waals surface area contributed by atoms with Crippen molar-refractivity contribution in [3.8, 4) is 65.4 Å². The third-order valence-corrected chi connectivity index (χ3v) is 9.47. The lowest BCUT2D eigenvalue weighted by Gasteiger charge is -2.24. The molecule has 4 heterocycles. The van der Waals surface area contributed by atoms with Crippen molar-refractivity contribution in [1.29, 1.82) is 0 Å². The van der Waals surface area contributed by atoms with Gasteiger partial charge in [0, 0.05) is 59.4 Å². The molecular weight excluding hydrogens is 577 g/mol. The molecule has 0 saturated heterocycles. The topological polar surface area (TPSA) is 51.6 Å². The molecule has 208 valence electrons. The first kappa shape index (κ1) is 26.3. The zero-order valence-corrected chi connectivity index (χ0v) is 25.1. The first-order chi connectivity index (χ1) is 21.8. The minimum absolute atomic E-state index is 1.06. The maximum absolute atomic E-state index is 4.75. The fourth-order valence-corrected chi connectivity index (χ4v) is 7.17. The number of hydrogen-bond acceptors (Lipinski definition) is 6. The summed E-state index contributed by atoms with van der Waals surface area (Å²) in [5.41, 5.74) is 14.9. The van der Waals surface area contributed by atoms with Crippen LogP contribution >= 0.6 is 22.7 Å². The minimum Gasteiger partial charge on any atom is -0.263 e. The predicted octanol–water partition coefficient (Wildman–Crippen LogP) is 10.5. The molecule has 8 aromatic rings. The number of pyridine rings is 2. The molecule has 0 fully saturated rings. The van der Waals surface area contributed by atoms with E-state index in [-0.39, 0.29) is 0 Å². The molecule has 4 nitrogen and oxygen atoms in total. The summed E-state index contributed by atoms with van der Waals surface area (Å²) < 4.78 is 0. The van der Waals surface area contributed by atoms with Gasteiger partial charge in [0.25, 0.3) is 0 Å². The van der Waals surface area contributed by atoms with Crippen LogP contribution in [0.5, 0.6) is 0 Å². The Hall–Kier alpha value is -5.30. The van der Waals surface area contributed by atoms with Crippen LogP contribution in [-0.4, -0.2) is 19.9 Å². The fourth-order valence-electron chi connectivity index (χ4n) is 5.96. The number of benzene rings is 4. The lowest BCUT2D eigenvalue weighted by molar-refractivity contribution is 1.33. The van der Waals surface area contributed by atoms with Gasteiger partial charge < -0.3 is 0 Å². The van der Waals surface area contributed by atoms with Crippen LogP contribution in [0.15, 0.2) is 145 Å². The van der Waals surface area contributed by atoms with Gasteiger partial charge in [0.2, 0.25) is 0 Å². The van der Waals surface area contributed by atoms with Crippen LogP contribution in [0.1, 0.15) is 0 Å². The van der Waals surface area contributed by atoms with Crippen molar-refractivity contribution in [2.45, 2.75) is 0 Å². The summed E-state index contributed by atoms with van der Waals surface area (Å²) in [6.45, 7) is 0. The van der Waals surface area contributed by atoms with Gasteiger partial charge in [0.15, 0.2) is 0 Å². The normalized spacial score (nSPS) is 11.2. The highest BCUT2D eigenvalue weighted by Crippen LogP contribution is 2.51. The van der Waals surface area contributed by atoms with Gasteiger partial charge in [0.05, 0.1) is 20.8 Å². The van der Waals surface area contributed by atoms with E-state index < -0.39 is 0 Å². The van der Waals surface area contributed by atoms with Crippen molar-refractivity contribution >= 4 is 33.4 Å². The Labute approximate surface area is 263 Å². The van der Waals surface area contributed by atoms with Crippen LogP contribution < -0.4 is 0 Å². The summed E-state index contributed by atoms with van der Waals surface area (Å²) in [4.78, 5) is 20.3. The lowest BCUT2D eigenvalue weighted by Crippen LogP contribution is -1.98. The van der Waals surface area contributed by atoms with Crippen molar-refractivity contribution in [1.82, 2.24) is 19.9 Å². The summed E-state index contributed by atoms with van der Waals surface area (Å²) in [7, 11) is 0. The van der Waals surface area contributed by atoms with Crippen molar-refractivity contribution in [3.63, 3.8) is 0 Å². The standard InChI is InChI=1S/C38H24N4S2/c1-3-9-25(10-4-1)37-35(29-15-27(17-39-19-29)33-21-41-23-43-33)31-13-7-8-14-32(31)36(38(37)26-11-5-2-6-12-26)30-16-28(18-40-20-30)34-22-42-24-44-34/h1-24H. The van der Waals surface area contributed by atoms with E-state index in [0.29, 0.717) is 0 Å². The van der Waals surface area contributed by atoms with E-state index in [4.69, 9.17) is 9.97 Å². The molecule has 0 saturated carbocycles. The Balaban J connectivity index is 1.54. The second kappa shape index (κ2) is 11.4. The molecule has 0 spiro atoms. The highest BCUT2D eigenvalue weighted by Gasteiger charge is 2.24. The Kier molecular flexibility index (Phi) is 6.83. The van der Waals surface area contributed by atoms with Crippen LogP contribution in [0, 0.1) is 0 Å².